The predicted octanol–water partition coefficient (Wildman–Crippen LogP) is 2.72. The van der Waals surface area contributed by atoms with Crippen molar-refractivity contribution in [3.05, 3.63) is 29.0 Å². The number of amides is 3. The van der Waals surface area contributed by atoms with E-state index in [-0.39, 0.29) is 31.1 Å². The van der Waals surface area contributed by atoms with Gasteiger partial charge in [-0.3, -0.25) is 24.6 Å². The molecule has 3 amide bonds. The molecule has 32 heavy (non-hydrogen) atoms. The summed E-state index contributed by atoms with van der Waals surface area (Å²) in [5, 5.41) is 1.08. The molecule has 1 aromatic heterocycles. The molecule has 0 radical (unpaired) electrons. The fraction of sp³-hybridized carbons (Fsp3) is 0.450. The summed E-state index contributed by atoms with van der Waals surface area (Å²) in [7, 11) is 0. The Morgan fingerprint density at radius 1 is 1.28 bits per heavy atom. The van der Waals surface area contributed by atoms with E-state index in [0.29, 0.717) is 27.5 Å². The minimum Gasteiger partial charge on any atom is -0.370 e. The molecular weight excluding hydrogens is 464 g/mol. The highest BCUT2D eigenvalue weighted by Crippen LogP contribution is 2.21. The van der Waals surface area contributed by atoms with Gasteiger partial charge in [0.2, 0.25) is 11.8 Å². The summed E-state index contributed by atoms with van der Waals surface area (Å²) in [5.74, 6) is -3.86. The number of aromatic nitrogens is 2. The highest BCUT2D eigenvalue weighted by molar-refractivity contribution is 6.31. The molecule has 2 rings (SSSR count). The number of rotatable bonds is 10. The number of benzene rings is 1. The third-order valence-corrected chi connectivity index (χ3v) is 4.97. The van der Waals surface area contributed by atoms with Gasteiger partial charge in [-0.25, -0.2) is 14.4 Å². The van der Waals surface area contributed by atoms with E-state index in [1.165, 1.54) is 0 Å². The Kier molecular flexibility index (Phi) is 8.97. The SMILES string of the molecule is CC(C)C[C@H](CC(=O)c1nc2ccc(Cl)cc2[nH]1)C(=O)NN(CCC(N)=O)C(=O)[C@H](F)Cl. The number of nitrogens with one attached hydrogen (secondary N) is 2. The second-order valence-corrected chi connectivity index (χ2v) is 8.50. The monoisotopic (exact) mass is 487 g/mol. The predicted molar refractivity (Wildman–Crippen MR) is 117 cm³/mol. The molecule has 0 fully saturated rings. The van der Waals surface area contributed by atoms with Crippen molar-refractivity contribution in [1.82, 2.24) is 20.4 Å². The summed E-state index contributed by atoms with van der Waals surface area (Å²) in [6.07, 6.45) is -0.221. The lowest BCUT2D eigenvalue weighted by atomic mass is 9.91. The molecule has 0 spiro atoms. The Morgan fingerprint density at radius 3 is 2.56 bits per heavy atom. The highest BCUT2D eigenvalue weighted by atomic mass is 35.5. The highest BCUT2D eigenvalue weighted by Gasteiger charge is 2.29. The van der Waals surface area contributed by atoms with Crippen LogP contribution in [0.25, 0.3) is 11.0 Å². The van der Waals surface area contributed by atoms with Gasteiger partial charge in [-0.1, -0.05) is 37.0 Å². The molecule has 1 aromatic carbocycles. The van der Waals surface area contributed by atoms with Crippen molar-refractivity contribution < 1.29 is 23.6 Å². The van der Waals surface area contributed by atoms with Gasteiger partial charge in [-0.2, -0.15) is 0 Å². The van der Waals surface area contributed by atoms with Crippen LogP contribution < -0.4 is 11.2 Å². The van der Waals surface area contributed by atoms with Gasteiger partial charge in [0.1, 0.15) is 0 Å². The van der Waals surface area contributed by atoms with Crippen LogP contribution in [-0.4, -0.2) is 50.7 Å². The number of Topliss-reactive ketones (excluding diaryl/α,β-unsaturated/α-hetero) is 1. The first-order valence-electron chi connectivity index (χ1n) is 9.84. The van der Waals surface area contributed by atoms with Crippen molar-refractivity contribution >= 4 is 57.7 Å². The van der Waals surface area contributed by atoms with Crippen LogP contribution >= 0.6 is 23.2 Å². The zero-order valence-corrected chi connectivity index (χ0v) is 19.0. The van der Waals surface area contributed by atoms with Gasteiger partial charge in [0, 0.05) is 23.8 Å². The van der Waals surface area contributed by atoms with Crippen LogP contribution in [0.15, 0.2) is 18.2 Å². The fourth-order valence-electron chi connectivity index (χ4n) is 3.07. The van der Waals surface area contributed by atoms with Crippen LogP contribution in [-0.2, 0) is 14.4 Å². The maximum Gasteiger partial charge on any atom is 0.291 e. The summed E-state index contributed by atoms with van der Waals surface area (Å²) in [6.45, 7) is 3.36. The summed E-state index contributed by atoms with van der Waals surface area (Å²) in [4.78, 5) is 55.8. The molecular formula is C20H24Cl2FN5O4. The number of hydrogen-bond acceptors (Lipinski definition) is 5. The summed E-state index contributed by atoms with van der Waals surface area (Å²) < 4.78 is 13.3. The number of fused-ring (bicyclic) bond motifs is 1. The van der Waals surface area contributed by atoms with Crippen LogP contribution in [0.1, 0.15) is 43.7 Å². The number of ketones is 1. The smallest absolute Gasteiger partial charge is 0.291 e. The molecule has 174 valence electrons. The molecule has 0 unspecified atom stereocenters. The molecule has 2 aromatic rings. The Morgan fingerprint density at radius 2 is 1.97 bits per heavy atom. The van der Waals surface area contributed by atoms with Gasteiger partial charge in [-0.05, 0) is 30.5 Å². The Bertz CT molecular complexity index is 1010. The average molecular weight is 488 g/mol. The number of nitrogens with zero attached hydrogens (tertiary/aromatic N) is 2. The average Bonchev–Trinajstić information content (AvgIpc) is 3.12. The van der Waals surface area contributed by atoms with Crippen molar-refractivity contribution in [3.63, 3.8) is 0 Å². The summed E-state index contributed by atoms with van der Waals surface area (Å²) in [5.41, 5.74) is 6.02. The van der Waals surface area contributed by atoms with E-state index in [2.05, 4.69) is 15.4 Å². The van der Waals surface area contributed by atoms with Crippen molar-refractivity contribution in [3.8, 4) is 0 Å². The lowest BCUT2D eigenvalue weighted by Gasteiger charge is -2.26. The number of imidazole rings is 1. The summed E-state index contributed by atoms with van der Waals surface area (Å²) in [6, 6.07) is 4.92. The minimum absolute atomic E-state index is 0.0322. The number of aromatic amines is 1. The van der Waals surface area contributed by atoms with Gasteiger partial charge in [0.05, 0.1) is 17.6 Å². The number of alkyl halides is 2. The molecule has 0 aliphatic rings. The molecule has 0 saturated heterocycles. The molecule has 1 heterocycles. The van der Waals surface area contributed by atoms with Crippen molar-refractivity contribution in [1.29, 1.82) is 0 Å². The van der Waals surface area contributed by atoms with Crippen molar-refractivity contribution in [2.45, 2.75) is 38.7 Å². The van der Waals surface area contributed by atoms with Gasteiger partial charge < -0.3 is 10.7 Å². The lowest BCUT2D eigenvalue weighted by Crippen LogP contribution is -2.51. The Balaban J connectivity index is 2.18. The van der Waals surface area contributed by atoms with E-state index in [0.717, 1.165) is 0 Å². The standard InChI is InChI=1S/C20H24Cl2FN5O4/c1-10(2)7-11(19(31)27-28(6-5-16(24)30)20(32)17(22)23)8-15(29)18-25-13-4-3-12(21)9-14(13)26-18/h3-4,9-11,17H,5-8H2,1-2H3,(H2,24,30)(H,25,26)(H,27,31)/t11-,17+/m1/s1. The number of hydrogen-bond donors (Lipinski definition) is 3. The van der Waals surface area contributed by atoms with E-state index in [9.17, 15) is 23.6 Å². The number of carbonyl (C=O) groups is 4. The third kappa shape index (κ3) is 7.16. The van der Waals surface area contributed by atoms with Gasteiger partial charge in [0.15, 0.2) is 11.6 Å². The van der Waals surface area contributed by atoms with E-state index >= 15 is 0 Å². The van der Waals surface area contributed by atoms with E-state index < -0.39 is 35.1 Å². The van der Waals surface area contributed by atoms with Gasteiger partial charge in [0.25, 0.3) is 11.5 Å². The van der Waals surface area contributed by atoms with Gasteiger partial charge >= 0.3 is 0 Å². The second-order valence-electron chi connectivity index (χ2n) is 7.68. The third-order valence-electron chi connectivity index (χ3n) is 4.55. The maximum atomic E-state index is 13.3. The first-order valence-corrected chi connectivity index (χ1v) is 10.7. The van der Waals surface area contributed by atoms with E-state index in [1.54, 1.807) is 18.2 Å². The number of nitrogens with two attached hydrogens (primary N) is 1. The Hall–Kier alpha value is -2.72. The minimum atomic E-state index is -2.42. The number of halogens is 3. The van der Waals surface area contributed by atoms with Crippen LogP contribution in [0.2, 0.25) is 5.02 Å². The number of hydrazine groups is 1. The maximum absolute atomic E-state index is 13.3. The van der Waals surface area contributed by atoms with Gasteiger partial charge in [-0.15, -0.1) is 0 Å². The number of primary amides is 1. The topological polar surface area (TPSA) is 138 Å². The zero-order chi connectivity index (χ0) is 24.0. The largest absolute Gasteiger partial charge is 0.370 e. The van der Waals surface area contributed by atoms with Crippen LogP contribution in [0, 0.1) is 11.8 Å². The zero-order valence-electron chi connectivity index (χ0n) is 17.5. The van der Waals surface area contributed by atoms with Crippen molar-refractivity contribution in [2.24, 2.45) is 17.6 Å². The molecule has 0 saturated carbocycles. The summed E-state index contributed by atoms with van der Waals surface area (Å²) >= 11 is 11.1. The molecule has 2 atom stereocenters. The van der Waals surface area contributed by atoms with Crippen molar-refractivity contribution in [2.75, 3.05) is 6.54 Å². The fourth-order valence-corrected chi connectivity index (χ4v) is 3.36. The quantitative estimate of drug-likeness (QED) is 0.268. The van der Waals surface area contributed by atoms with Crippen LogP contribution in [0.3, 0.4) is 0 Å². The van der Waals surface area contributed by atoms with E-state index in [1.807, 2.05) is 13.8 Å². The lowest BCUT2D eigenvalue weighted by molar-refractivity contribution is -0.145. The Labute approximate surface area is 193 Å². The molecule has 0 aliphatic heterocycles. The molecule has 4 N–H and O–H groups in total. The second kappa shape index (κ2) is 11.2. The molecule has 9 nitrogen and oxygen atoms in total. The van der Waals surface area contributed by atoms with E-state index in [4.69, 9.17) is 28.9 Å². The van der Waals surface area contributed by atoms with Crippen LogP contribution in [0.4, 0.5) is 4.39 Å². The number of carbonyl (C=O) groups excluding carboxylic acids is 4. The molecule has 0 aliphatic carbocycles. The normalized spacial score (nSPS) is 13.1. The molecule has 12 heteroatoms. The molecule has 0 bridgehead atoms. The first kappa shape index (κ1) is 25.5. The van der Waals surface area contributed by atoms with Crippen LogP contribution in [0.5, 0.6) is 0 Å². The first-order chi connectivity index (χ1) is 15.0. The number of H-pyrrole nitrogens is 1.